The molecule has 1 N–H and O–H groups in total. The Hall–Kier alpha value is -3.13. The molecular weight excluding hydrogens is 412 g/mol. The van der Waals surface area contributed by atoms with Crippen LogP contribution in [-0.4, -0.2) is 5.71 Å². The molecule has 0 spiro atoms. The van der Waals surface area contributed by atoms with Crippen molar-refractivity contribution in [3.05, 3.63) is 112 Å². The third-order valence-corrected chi connectivity index (χ3v) is 7.05. The second-order valence-corrected chi connectivity index (χ2v) is 10.5. The largest absolute Gasteiger partial charge is 0.294 e. The van der Waals surface area contributed by atoms with E-state index in [0.29, 0.717) is 17.8 Å². The molecule has 0 radical (unpaired) electrons. The summed E-state index contributed by atoms with van der Waals surface area (Å²) in [6.45, 7) is 13.4. The van der Waals surface area contributed by atoms with E-state index in [2.05, 4.69) is 132 Å². The maximum atomic E-state index is 4.80. The molecule has 0 aliphatic carbocycles. The summed E-state index contributed by atoms with van der Waals surface area (Å²) >= 11 is 0. The Kier molecular flexibility index (Phi) is 7.07. The van der Waals surface area contributed by atoms with E-state index in [-0.39, 0.29) is 5.54 Å². The first kappa shape index (κ1) is 24.0. The van der Waals surface area contributed by atoms with E-state index in [1.165, 1.54) is 33.4 Å². The fraction of sp³-hybridized carbons (Fsp3) is 0.344. The van der Waals surface area contributed by atoms with Gasteiger partial charge in [-0.2, -0.15) is 5.10 Å². The van der Waals surface area contributed by atoms with Crippen LogP contribution in [0.3, 0.4) is 0 Å². The molecule has 2 nitrogen and oxygen atoms in total. The number of allylic oxidation sites excluding steroid dienone is 1. The zero-order valence-electron chi connectivity index (χ0n) is 21.5. The number of benzene rings is 3. The molecular formula is C32H38N2. The summed E-state index contributed by atoms with van der Waals surface area (Å²) in [5, 5.41) is 4.80. The van der Waals surface area contributed by atoms with Gasteiger partial charge in [0.05, 0.1) is 5.71 Å². The lowest BCUT2D eigenvalue weighted by Gasteiger charge is -2.31. The molecule has 2 heteroatoms. The average Bonchev–Trinajstić information content (AvgIpc) is 3.28. The van der Waals surface area contributed by atoms with Gasteiger partial charge >= 0.3 is 0 Å². The number of nitrogens with zero attached hydrogens (tertiary/aromatic N) is 1. The maximum absolute atomic E-state index is 4.80. The molecule has 3 aromatic rings. The lowest BCUT2D eigenvalue weighted by molar-refractivity contribution is 0.460. The molecule has 176 valence electrons. The third-order valence-electron chi connectivity index (χ3n) is 7.05. The van der Waals surface area contributed by atoms with E-state index in [0.717, 1.165) is 12.1 Å². The van der Waals surface area contributed by atoms with Crippen LogP contribution in [0.2, 0.25) is 0 Å². The van der Waals surface area contributed by atoms with Crippen molar-refractivity contribution in [2.24, 2.45) is 5.10 Å². The number of hydrogen-bond donors (Lipinski definition) is 1. The normalized spacial score (nSPS) is 15.4. The van der Waals surface area contributed by atoms with Crippen LogP contribution in [0.25, 0.3) is 6.08 Å². The molecule has 0 bridgehead atoms. The van der Waals surface area contributed by atoms with Crippen LogP contribution in [-0.2, 0) is 5.54 Å². The summed E-state index contributed by atoms with van der Waals surface area (Å²) in [7, 11) is 0. The number of nitrogens with one attached hydrogen (secondary N) is 1. The Morgan fingerprint density at radius 3 is 1.44 bits per heavy atom. The molecule has 1 heterocycles. The predicted octanol–water partition coefficient (Wildman–Crippen LogP) is 8.36. The SMILES string of the molecule is CC(C)c1ccc(/C=C/C2=NNC(c3ccc(C(C)C)cc3)(c3ccc(C(C)C)cc3)C2)cc1. The molecule has 0 amide bonds. The van der Waals surface area contributed by atoms with E-state index in [1.54, 1.807) is 0 Å². The zero-order chi connectivity index (χ0) is 24.3. The van der Waals surface area contributed by atoms with Crippen LogP contribution in [0.1, 0.15) is 99.1 Å². The molecule has 0 saturated carbocycles. The van der Waals surface area contributed by atoms with Crippen molar-refractivity contribution in [3.63, 3.8) is 0 Å². The summed E-state index contributed by atoms with van der Waals surface area (Å²) < 4.78 is 0. The second-order valence-electron chi connectivity index (χ2n) is 10.5. The second kappa shape index (κ2) is 10.0. The Balaban J connectivity index is 1.63. The Bertz CT molecular complexity index is 1090. The van der Waals surface area contributed by atoms with Crippen molar-refractivity contribution in [2.75, 3.05) is 0 Å². The highest BCUT2D eigenvalue weighted by molar-refractivity contribution is 6.00. The molecule has 0 atom stereocenters. The van der Waals surface area contributed by atoms with Gasteiger partial charge in [-0.1, -0.05) is 120 Å². The molecule has 0 aromatic heterocycles. The summed E-state index contributed by atoms with van der Waals surface area (Å²) in [5.41, 5.74) is 12.0. The minimum absolute atomic E-state index is 0.355. The summed E-state index contributed by atoms with van der Waals surface area (Å²) in [5.74, 6) is 1.58. The smallest absolute Gasteiger partial charge is 0.110 e. The topological polar surface area (TPSA) is 24.4 Å². The molecule has 1 aliphatic heterocycles. The van der Waals surface area contributed by atoms with E-state index in [9.17, 15) is 0 Å². The van der Waals surface area contributed by atoms with Crippen LogP contribution >= 0.6 is 0 Å². The minimum Gasteiger partial charge on any atom is -0.294 e. The van der Waals surface area contributed by atoms with Gasteiger partial charge in [0.15, 0.2) is 0 Å². The quantitative estimate of drug-likeness (QED) is 0.384. The van der Waals surface area contributed by atoms with Crippen LogP contribution in [0.5, 0.6) is 0 Å². The molecule has 0 saturated heterocycles. The van der Waals surface area contributed by atoms with Crippen LogP contribution in [0.15, 0.2) is 84.0 Å². The first-order chi connectivity index (χ1) is 16.3. The van der Waals surface area contributed by atoms with Crippen molar-refractivity contribution in [1.29, 1.82) is 0 Å². The summed E-state index contributed by atoms with van der Waals surface area (Å²) in [6.07, 6.45) is 5.14. The summed E-state index contributed by atoms with van der Waals surface area (Å²) in [4.78, 5) is 0. The van der Waals surface area contributed by atoms with Gasteiger partial charge in [-0.3, -0.25) is 5.43 Å². The Labute approximate surface area is 205 Å². The van der Waals surface area contributed by atoms with Crippen molar-refractivity contribution in [3.8, 4) is 0 Å². The minimum atomic E-state index is -0.355. The van der Waals surface area contributed by atoms with Gasteiger partial charge in [0.25, 0.3) is 0 Å². The first-order valence-corrected chi connectivity index (χ1v) is 12.6. The van der Waals surface area contributed by atoms with Gasteiger partial charge in [0.2, 0.25) is 0 Å². The Morgan fingerprint density at radius 2 is 1.03 bits per heavy atom. The number of hydrogen-bond acceptors (Lipinski definition) is 2. The highest BCUT2D eigenvalue weighted by atomic mass is 15.4. The van der Waals surface area contributed by atoms with Gasteiger partial charge in [0, 0.05) is 6.42 Å². The van der Waals surface area contributed by atoms with Gasteiger partial charge in [-0.25, -0.2) is 0 Å². The van der Waals surface area contributed by atoms with Crippen LogP contribution in [0, 0.1) is 0 Å². The fourth-order valence-electron chi connectivity index (χ4n) is 4.60. The van der Waals surface area contributed by atoms with Gasteiger partial charge in [0.1, 0.15) is 5.54 Å². The van der Waals surface area contributed by atoms with E-state index in [1.807, 2.05) is 0 Å². The average molecular weight is 451 g/mol. The number of rotatable bonds is 7. The van der Waals surface area contributed by atoms with E-state index >= 15 is 0 Å². The molecule has 34 heavy (non-hydrogen) atoms. The van der Waals surface area contributed by atoms with Crippen LogP contribution < -0.4 is 5.43 Å². The maximum Gasteiger partial charge on any atom is 0.110 e. The van der Waals surface area contributed by atoms with Gasteiger partial charge in [-0.15, -0.1) is 0 Å². The van der Waals surface area contributed by atoms with Crippen LogP contribution in [0.4, 0.5) is 0 Å². The lowest BCUT2D eigenvalue weighted by atomic mass is 9.79. The fourth-order valence-corrected chi connectivity index (χ4v) is 4.60. The highest BCUT2D eigenvalue weighted by Gasteiger charge is 2.39. The van der Waals surface area contributed by atoms with E-state index in [4.69, 9.17) is 5.10 Å². The lowest BCUT2D eigenvalue weighted by Crippen LogP contribution is -2.37. The van der Waals surface area contributed by atoms with Gasteiger partial charge < -0.3 is 0 Å². The zero-order valence-corrected chi connectivity index (χ0v) is 21.5. The van der Waals surface area contributed by atoms with Crippen molar-refractivity contribution < 1.29 is 0 Å². The van der Waals surface area contributed by atoms with E-state index < -0.39 is 0 Å². The monoisotopic (exact) mass is 450 g/mol. The molecule has 3 aromatic carbocycles. The van der Waals surface area contributed by atoms with Gasteiger partial charge in [-0.05, 0) is 57.2 Å². The first-order valence-electron chi connectivity index (χ1n) is 12.6. The molecule has 4 rings (SSSR count). The van der Waals surface area contributed by atoms with Crippen molar-refractivity contribution in [2.45, 2.75) is 71.3 Å². The summed E-state index contributed by atoms with van der Waals surface area (Å²) in [6, 6.07) is 26.9. The van der Waals surface area contributed by atoms with Crippen molar-refractivity contribution in [1.82, 2.24) is 5.43 Å². The number of hydrazone groups is 1. The Morgan fingerprint density at radius 1 is 0.618 bits per heavy atom. The highest BCUT2D eigenvalue weighted by Crippen LogP contribution is 2.38. The third kappa shape index (κ3) is 5.01. The predicted molar refractivity (Wildman–Crippen MR) is 147 cm³/mol. The standard InChI is InChI=1S/C32H38N2/c1-22(2)26-10-7-25(8-11-26)9-20-31-21-32(34-33-31,29-16-12-27(13-17-29)23(3)4)30-18-14-28(15-19-30)24(5)6/h7-20,22-24,34H,21H2,1-6H3/b20-9+. The molecule has 1 aliphatic rings. The van der Waals surface area contributed by atoms with Crippen molar-refractivity contribution >= 4 is 11.8 Å². The molecule has 0 fully saturated rings. The molecule has 0 unspecified atom stereocenters.